The first kappa shape index (κ1) is 16.3. The highest BCUT2D eigenvalue weighted by atomic mass is 32.1. The third-order valence-corrected chi connectivity index (χ3v) is 4.73. The molecule has 2 aromatic heterocycles. The van der Waals surface area contributed by atoms with Crippen LogP contribution in [0.3, 0.4) is 0 Å². The van der Waals surface area contributed by atoms with Crippen molar-refractivity contribution >= 4 is 32.6 Å². The summed E-state index contributed by atoms with van der Waals surface area (Å²) in [6, 6.07) is 15.3. The molecule has 6 nitrogen and oxygen atoms in total. The molecule has 2 aromatic carbocycles. The monoisotopic (exact) mass is 364 g/mol. The molecule has 0 radical (unpaired) electrons. The number of ether oxygens (including phenoxy) is 1. The van der Waals surface area contributed by atoms with E-state index in [9.17, 15) is 4.79 Å². The largest absolute Gasteiger partial charge is 0.494 e. The molecule has 4 aromatic rings. The number of nitrogens with zero attached hydrogens (tertiary/aromatic N) is 3. The van der Waals surface area contributed by atoms with Gasteiger partial charge in [-0.15, -0.1) is 0 Å². The predicted molar refractivity (Wildman–Crippen MR) is 102 cm³/mol. The van der Waals surface area contributed by atoms with E-state index in [1.165, 1.54) is 11.3 Å². The summed E-state index contributed by atoms with van der Waals surface area (Å²) in [6.07, 6.45) is 3.17. The summed E-state index contributed by atoms with van der Waals surface area (Å²) in [5.74, 6) is 0.541. The van der Waals surface area contributed by atoms with E-state index in [1.54, 1.807) is 17.1 Å². The fourth-order valence-corrected chi connectivity index (χ4v) is 3.52. The number of hydrogen-bond acceptors (Lipinski definition) is 5. The van der Waals surface area contributed by atoms with E-state index in [0.717, 1.165) is 21.7 Å². The van der Waals surface area contributed by atoms with Crippen LogP contribution < -0.4 is 10.1 Å². The fraction of sp³-hybridized carbons (Fsp3) is 0.105. The Morgan fingerprint density at radius 3 is 2.88 bits per heavy atom. The molecule has 0 aliphatic rings. The number of aromatic nitrogens is 3. The Labute approximate surface area is 154 Å². The Balaban J connectivity index is 1.59. The molecule has 130 valence electrons. The highest BCUT2D eigenvalue weighted by molar-refractivity contribution is 7.22. The summed E-state index contributed by atoms with van der Waals surface area (Å²) in [5.41, 5.74) is 2.15. The fourth-order valence-electron chi connectivity index (χ4n) is 2.63. The summed E-state index contributed by atoms with van der Waals surface area (Å²) in [6.45, 7) is 2.55. The quantitative estimate of drug-likeness (QED) is 0.578. The van der Waals surface area contributed by atoms with Crippen LogP contribution in [0, 0.1) is 0 Å². The van der Waals surface area contributed by atoms with Crippen LogP contribution in [0.15, 0.2) is 61.1 Å². The Morgan fingerprint density at radius 2 is 2.08 bits per heavy atom. The Bertz CT molecular complexity index is 1060. The van der Waals surface area contributed by atoms with Crippen LogP contribution in [0.5, 0.6) is 5.75 Å². The Hall–Kier alpha value is -3.19. The minimum absolute atomic E-state index is 0.254. The number of nitrogens with one attached hydrogen (secondary N) is 1. The van der Waals surface area contributed by atoms with E-state index in [1.807, 2.05) is 55.5 Å². The van der Waals surface area contributed by atoms with Gasteiger partial charge in [-0.05, 0) is 37.3 Å². The second-order valence-corrected chi connectivity index (χ2v) is 6.55. The molecular formula is C19H16N4O2S. The average Bonchev–Trinajstić information content (AvgIpc) is 3.29. The maximum atomic E-state index is 12.7. The van der Waals surface area contributed by atoms with Crippen LogP contribution in [0.25, 0.3) is 15.9 Å². The van der Waals surface area contributed by atoms with Gasteiger partial charge >= 0.3 is 0 Å². The predicted octanol–water partition coefficient (Wildman–Crippen LogP) is 4.13. The third kappa shape index (κ3) is 3.16. The Morgan fingerprint density at radius 1 is 1.23 bits per heavy atom. The zero-order chi connectivity index (χ0) is 17.9. The first-order valence-corrected chi connectivity index (χ1v) is 8.99. The van der Waals surface area contributed by atoms with Crippen LogP contribution in [0.4, 0.5) is 5.13 Å². The zero-order valence-corrected chi connectivity index (χ0v) is 14.9. The van der Waals surface area contributed by atoms with Crippen LogP contribution in [-0.2, 0) is 0 Å². The summed E-state index contributed by atoms with van der Waals surface area (Å²) in [5, 5.41) is 3.40. The molecule has 0 bridgehead atoms. The second kappa shape index (κ2) is 6.97. The van der Waals surface area contributed by atoms with Gasteiger partial charge in [-0.25, -0.2) is 9.97 Å². The number of benzene rings is 2. The summed E-state index contributed by atoms with van der Waals surface area (Å²) >= 11 is 1.41. The third-order valence-electron chi connectivity index (χ3n) is 3.80. The van der Waals surface area contributed by atoms with Gasteiger partial charge in [0, 0.05) is 5.69 Å². The normalized spacial score (nSPS) is 10.8. The molecule has 26 heavy (non-hydrogen) atoms. The molecular weight excluding hydrogens is 348 g/mol. The molecule has 0 atom stereocenters. The Kier molecular flexibility index (Phi) is 4.37. The van der Waals surface area contributed by atoms with E-state index in [0.29, 0.717) is 17.4 Å². The average molecular weight is 364 g/mol. The van der Waals surface area contributed by atoms with Crippen molar-refractivity contribution < 1.29 is 9.53 Å². The van der Waals surface area contributed by atoms with Crippen molar-refractivity contribution in [1.82, 2.24) is 14.5 Å². The van der Waals surface area contributed by atoms with Crippen molar-refractivity contribution in [1.29, 1.82) is 0 Å². The lowest BCUT2D eigenvalue weighted by Gasteiger charge is -2.07. The number of carbonyl (C=O) groups excluding carboxylic acids is 1. The molecule has 0 aliphatic carbocycles. The van der Waals surface area contributed by atoms with Crippen LogP contribution in [0.2, 0.25) is 0 Å². The van der Waals surface area contributed by atoms with E-state index in [4.69, 9.17) is 4.74 Å². The number of thiazole rings is 1. The molecule has 0 spiro atoms. The summed E-state index contributed by atoms with van der Waals surface area (Å²) in [7, 11) is 0. The minimum Gasteiger partial charge on any atom is -0.494 e. The van der Waals surface area contributed by atoms with E-state index in [2.05, 4.69) is 15.3 Å². The van der Waals surface area contributed by atoms with Crippen LogP contribution in [-0.4, -0.2) is 27.0 Å². The number of amides is 1. The molecule has 1 amide bonds. The van der Waals surface area contributed by atoms with Gasteiger partial charge < -0.3 is 4.74 Å². The number of carbonyl (C=O) groups is 1. The van der Waals surface area contributed by atoms with Gasteiger partial charge in [0.15, 0.2) is 5.13 Å². The molecule has 7 heteroatoms. The van der Waals surface area contributed by atoms with Gasteiger partial charge in [0.05, 0.1) is 29.3 Å². The first-order valence-electron chi connectivity index (χ1n) is 8.17. The topological polar surface area (TPSA) is 69.0 Å². The lowest BCUT2D eigenvalue weighted by Crippen LogP contribution is -2.15. The number of fused-ring (bicyclic) bond motifs is 1. The summed E-state index contributed by atoms with van der Waals surface area (Å²) in [4.78, 5) is 21.3. The maximum absolute atomic E-state index is 12.7. The number of para-hydroxylation sites is 1. The number of hydrogen-bond donors (Lipinski definition) is 1. The van der Waals surface area contributed by atoms with Crippen molar-refractivity contribution in [2.75, 3.05) is 11.9 Å². The van der Waals surface area contributed by atoms with Gasteiger partial charge in [0.2, 0.25) is 0 Å². The molecule has 4 rings (SSSR count). The highest BCUT2D eigenvalue weighted by Gasteiger charge is 2.15. The molecule has 0 fully saturated rings. The standard InChI is InChI=1S/C19H16N4O2S/c1-2-25-14-8-9-15-17(10-14)26-19(21-15)22-18(24)16-11-20-12-23(16)13-6-4-3-5-7-13/h3-12H,2H2,1H3,(H,21,22,24). The molecule has 0 unspecified atom stereocenters. The van der Waals surface area contributed by atoms with Crippen molar-refractivity contribution in [3.8, 4) is 11.4 Å². The minimum atomic E-state index is -0.254. The van der Waals surface area contributed by atoms with E-state index in [-0.39, 0.29) is 5.91 Å². The van der Waals surface area contributed by atoms with Crippen molar-refractivity contribution in [3.63, 3.8) is 0 Å². The number of imidazole rings is 1. The number of anilines is 1. The lowest BCUT2D eigenvalue weighted by atomic mass is 10.3. The van der Waals surface area contributed by atoms with Crippen molar-refractivity contribution in [3.05, 3.63) is 66.7 Å². The summed E-state index contributed by atoms with van der Waals surface area (Å²) < 4.78 is 8.21. The first-order chi connectivity index (χ1) is 12.7. The van der Waals surface area contributed by atoms with E-state index < -0.39 is 0 Å². The molecule has 2 heterocycles. The smallest absolute Gasteiger partial charge is 0.276 e. The van der Waals surface area contributed by atoms with Crippen molar-refractivity contribution in [2.45, 2.75) is 6.92 Å². The molecule has 0 saturated heterocycles. The molecule has 0 saturated carbocycles. The van der Waals surface area contributed by atoms with E-state index >= 15 is 0 Å². The van der Waals surface area contributed by atoms with Gasteiger partial charge in [0.25, 0.3) is 5.91 Å². The molecule has 0 aliphatic heterocycles. The second-order valence-electron chi connectivity index (χ2n) is 5.52. The number of rotatable bonds is 5. The SMILES string of the molecule is CCOc1ccc2nc(NC(=O)c3cncn3-c3ccccc3)sc2c1. The molecule has 1 N–H and O–H groups in total. The van der Waals surface area contributed by atoms with Gasteiger partial charge in [-0.1, -0.05) is 29.5 Å². The van der Waals surface area contributed by atoms with Gasteiger partial charge in [-0.2, -0.15) is 0 Å². The van der Waals surface area contributed by atoms with Crippen LogP contribution >= 0.6 is 11.3 Å². The van der Waals surface area contributed by atoms with Crippen molar-refractivity contribution in [2.24, 2.45) is 0 Å². The highest BCUT2D eigenvalue weighted by Crippen LogP contribution is 2.29. The van der Waals surface area contributed by atoms with Gasteiger partial charge in [-0.3, -0.25) is 14.7 Å². The lowest BCUT2D eigenvalue weighted by molar-refractivity contribution is 0.102. The van der Waals surface area contributed by atoms with Crippen LogP contribution in [0.1, 0.15) is 17.4 Å². The zero-order valence-electron chi connectivity index (χ0n) is 14.0. The van der Waals surface area contributed by atoms with Gasteiger partial charge in [0.1, 0.15) is 11.4 Å². The maximum Gasteiger partial charge on any atom is 0.276 e.